The molecule has 2 nitrogen and oxygen atoms in total. The molecule has 0 radical (unpaired) electrons. The van der Waals surface area contributed by atoms with E-state index in [2.05, 4.69) is 55.6 Å². The SMILES string of the molecule is CCCCC(Cc1c[nH]c2cccc(C)c12)NC. The Kier molecular flexibility index (Phi) is 4.43. The fourth-order valence-electron chi connectivity index (χ4n) is 2.68. The number of aromatic nitrogens is 1. The number of fused-ring (bicyclic) bond motifs is 1. The first-order valence-electron chi connectivity index (χ1n) is 6.99. The molecule has 0 aliphatic heterocycles. The molecule has 2 heteroatoms. The third kappa shape index (κ3) is 2.75. The van der Waals surface area contributed by atoms with Gasteiger partial charge in [0.25, 0.3) is 0 Å². The maximum atomic E-state index is 3.45. The van der Waals surface area contributed by atoms with Crippen LogP contribution in [0.15, 0.2) is 24.4 Å². The number of H-pyrrole nitrogens is 1. The summed E-state index contributed by atoms with van der Waals surface area (Å²) >= 11 is 0. The Hall–Kier alpha value is -1.28. The highest BCUT2D eigenvalue weighted by atomic mass is 14.9. The Balaban J connectivity index is 2.20. The van der Waals surface area contributed by atoms with Gasteiger partial charge < -0.3 is 10.3 Å². The van der Waals surface area contributed by atoms with Crippen LogP contribution in [0.5, 0.6) is 0 Å². The van der Waals surface area contributed by atoms with E-state index in [4.69, 9.17) is 0 Å². The molecule has 0 saturated heterocycles. The summed E-state index contributed by atoms with van der Waals surface area (Å²) in [4.78, 5) is 3.39. The maximum Gasteiger partial charge on any atom is 0.0459 e. The number of nitrogens with one attached hydrogen (secondary N) is 2. The molecule has 1 atom stereocenters. The predicted octanol–water partition coefficient (Wildman–Crippen LogP) is 3.80. The van der Waals surface area contributed by atoms with Gasteiger partial charge in [-0.05, 0) is 44.0 Å². The van der Waals surface area contributed by atoms with Gasteiger partial charge in [-0.3, -0.25) is 0 Å². The molecule has 2 N–H and O–H groups in total. The van der Waals surface area contributed by atoms with E-state index in [-0.39, 0.29) is 0 Å². The number of likely N-dealkylation sites (N-methyl/N-ethyl adjacent to an activating group) is 1. The van der Waals surface area contributed by atoms with Gasteiger partial charge in [0.2, 0.25) is 0 Å². The highest BCUT2D eigenvalue weighted by molar-refractivity contribution is 5.86. The fraction of sp³-hybridized carbons (Fsp3) is 0.500. The monoisotopic (exact) mass is 244 g/mol. The average molecular weight is 244 g/mol. The molecule has 1 unspecified atom stereocenters. The van der Waals surface area contributed by atoms with Crippen LogP contribution in [0.4, 0.5) is 0 Å². The van der Waals surface area contributed by atoms with Crippen molar-refractivity contribution in [1.82, 2.24) is 10.3 Å². The quantitative estimate of drug-likeness (QED) is 0.795. The molecule has 0 spiro atoms. The first-order valence-corrected chi connectivity index (χ1v) is 6.99. The first kappa shape index (κ1) is 13.2. The van der Waals surface area contributed by atoms with Crippen LogP contribution in [0.3, 0.4) is 0 Å². The lowest BCUT2D eigenvalue weighted by Crippen LogP contribution is -2.27. The van der Waals surface area contributed by atoms with Crippen LogP contribution in [-0.2, 0) is 6.42 Å². The summed E-state index contributed by atoms with van der Waals surface area (Å²) in [6, 6.07) is 7.06. The first-order chi connectivity index (χ1) is 8.76. The van der Waals surface area contributed by atoms with Gasteiger partial charge in [0.1, 0.15) is 0 Å². The summed E-state index contributed by atoms with van der Waals surface area (Å²) < 4.78 is 0. The van der Waals surface area contributed by atoms with Crippen molar-refractivity contribution in [3.05, 3.63) is 35.5 Å². The zero-order valence-electron chi connectivity index (χ0n) is 11.7. The summed E-state index contributed by atoms with van der Waals surface area (Å²) in [6.45, 7) is 4.45. The molecular weight excluding hydrogens is 220 g/mol. The van der Waals surface area contributed by atoms with Crippen molar-refractivity contribution in [1.29, 1.82) is 0 Å². The third-order valence-electron chi connectivity index (χ3n) is 3.78. The summed E-state index contributed by atoms with van der Waals surface area (Å²) in [5.74, 6) is 0. The van der Waals surface area contributed by atoms with Gasteiger partial charge in [0, 0.05) is 23.1 Å². The lowest BCUT2D eigenvalue weighted by Gasteiger charge is -2.15. The van der Waals surface area contributed by atoms with Gasteiger partial charge in [-0.25, -0.2) is 0 Å². The smallest absolute Gasteiger partial charge is 0.0459 e. The summed E-state index contributed by atoms with van der Waals surface area (Å²) in [7, 11) is 2.07. The number of benzene rings is 1. The Morgan fingerprint density at radius 1 is 1.33 bits per heavy atom. The molecule has 18 heavy (non-hydrogen) atoms. The largest absolute Gasteiger partial charge is 0.361 e. The molecule has 0 fully saturated rings. The van der Waals surface area contributed by atoms with E-state index < -0.39 is 0 Å². The van der Waals surface area contributed by atoms with Crippen molar-refractivity contribution in [2.24, 2.45) is 0 Å². The van der Waals surface area contributed by atoms with Crippen LogP contribution >= 0.6 is 0 Å². The van der Waals surface area contributed by atoms with E-state index in [9.17, 15) is 0 Å². The molecule has 2 rings (SSSR count). The number of aromatic amines is 1. The van der Waals surface area contributed by atoms with Gasteiger partial charge in [-0.15, -0.1) is 0 Å². The zero-order valence-corrected chi connectivity index (χ0v) is 11.7. The van der Waals surface area contributed by atoms with Crippen LogP contribution in [0.25, 0.3) is 10.9 Å². The Bertz CT molecular complexity index is 499. The highest BCUT2D eigenvalue weighted by Gasteiger charge is 2.11. The van der Waals surface area contributed by atoms with Crippen LogP contribution in [-0.4, -0.2) is 18.1 Å². The molecule has 1 heterocycles. The minimum Gasteiger partial charge on any atom is -0.361 e. The Morgan fingerprint density at radius 2 is 2.17 bits per heavy atom. The zero-order chi connectivity index (χ0) is 13.0. The van der Waals surface area contributed by atoms with E-state index in [1.807, 2.05) is 0 Å². The van der Waals surface area contributed by atoms with E-state index in [0.29, 0.717) is 6.04 Å². The molecule has 0 bridgehead atoms. The summed E-state index contributed by atoms with van der Waals surface area (Å²) in [5.41, 5.74) is 4.07. The van der Waals surface area contributed by atoms with Crippen molar-refractivity contribution in [2.45, 2.75) is 45.6 Å². The van der Waals surface area contributed by atoms with E-state index >= 15 is 0 Å². The van der Waals surface area contributed by atoms with E-state index in [0.717, 1.165) is 6.42 Å². The normalized spacial score (nSPS) is 13.1. The van der Waals surface area contributed by atoms with Crippen LogP contribution < -0.4 is 5.32 Å². The predicted molar refractivity (Wildman–Crippen MR) is 79.1 cm³/mol. The fourth-order valence-corrected chi connectivity index (χ4v) is 2.68. The molecule has 0 aliphatic carbocycles. The lowest BCUT2D eigenvalue weighted by atomic mass is 9.99. The molecule has 0 amide bonds. The molecule has 0 aliphatic rings. The molecule has 1 aromatic carbocycles. The van der Waals surface area contributed by atoms with Gasteiger partial charge in [0.05, 0.1) is 0 Å². The van der Waals surface area contributed by atoms with Gasteiger partial charge in [0.15, 0.2) is 0 Å². The maximum absolute atomic E-state index is 3.45. The minimum absolute atomic E-state index is 0.587. The minimum atomic E-state index is 0.587. The third-order valence-corrected chi connectivity index (χ3v) is 3.78. The van der Waals surface area contributed by atoms with Crippen molar-refractivity contribution in [3.63, 3.8) is 0 Å². The van der Waals surface area contributed by atoms with Crippen LogP contribution in [0.1, 0.15) is 37.3 Å². The standard InChI is InChI=1S/C16H24N2/c1-4-5-8-14(17-3)10-13-11-18-15-9-6-7-12(2)16(13)15/h6-7,9,11,14,17-18H,4-5,8,10H2,1-3H3. The second-order valence-electron chi connectivity index (χ2n) is 5.14. The number of hydrogen-bond acceptors (Lipinski definition) is 1. The summed E-state index contributed by atoms with van der Waals surface area (Å²) in [5, 5.41) is 4.86. The van der Waals surface area contributed by atoms with E-state index in [1.165, 1.54) is 41.3 Å². The Labute approximate surface area is 110 Å². The second-order valence-corrected chi connectivity index (χ2v) is 5.14. The number of rotatable bonds is 6. The summed E-state index contributed by atoms with van der Waals surface area (Å²) in [6.07, 6.45) is 7.11. The molecule has 2 aromatic rings. The van der Waals surface area contributed by atoms with Crippen molar-refractivity contribution in [3.8, 4) is 0 Å². The van der Waals surface area contributed by atoms with E-state index in [1.54, 1.807) is 0 Å². The Morgan fingerprint density at radius 3 is 2.89 bits per heavy atom. The van der Waals surface area contributed by atoms with Crippen molar-refractivity contribution in [2.75, 3.05) is 7.05 Å². The number of unbranched alkanes of at least 4 members (excludes halogenated alkanes) is 1. The molecular formula is C16H24N2. The van der Waals surface area contributed by atoms with Crippen molar-refractivity contribution >= 4 is 10.9 Å². The molecule has 1 aromatic heterocycles. The van der Waals surface area contributed by atoms with Gasteiger partial charge >= 0.3 is 0 Å². The highest BCUT2D eigenvalue weighted by Crippen LogP contribution is 2.23. The van der Waals surface area contributed by atoms with Crippen molar-refractivity contribution < 1.29 is 0 Å². The van der Waals surface area contributed by atoms with Crippen LogP contribution in [0.2, 0.25) is 0 Å². The second kappa shape index (κ2) is 6.05. The lowest BCUT2D eigenvalue weighted by molar-refractivity contribution is 0.499. The van der Waals surface area contributed by atoms with Crippen LogP contribution in [0, 0.1) is 6.92 Å². The molecule has 98 valence electrons. The van der Waals surface area contributed by atoms with Gasteiger partial charge in [-0.1, -0.05) is 31.9 Å². The average Bonchev–Trinajstić information content (AvgIpc) is 2.79. The number of aryl methyl sites for hydroxylation is 1. The molecule has 0 saturated carbocycles. The van der Waals surface area contributed by atoms with Gasteiger partial charge in [-0.2, -0.15) is 0 Å². The topological polar surface area (TPSA) is 27.8 Å². The number of hydrogen-bond donors (Lipinski definition) is 2.